The lowest BCUT2D eigenvalue weighted by Crippen LogP contribution is -1.87. The highest BCUT2D eigenvalue weighted by Crippen LogP contribution is 2.13. The fourth-order valence-electron chi connectivity index (χ4n) is 0.937. The average molecular weight is 200 g/mol. The largest absolute Gasteiger partial charge is 0.396 e. The molecule has 0 aliphatic carbocycles. The van der Waals surface area contributed by atoms with Crippen LogP contribution in [-0.4, -0.2) is 17.5 Å². The van der Waals surface area contributed by atoms with Crippen LogP contribution in [0.1, 0.15) is 12.0 Å². The van der Waals surface area contributed by atoms with Crippen molar-refractivity contribution in [3.63, 3.8) is 0 Å². The highest BCUT2D eigenvalue weighted by molar-refractivity contribution is 7.98. The lowest BCUT2D eigenvalue weighted by molar-refractivity contribution is 0.296. The molecule has 1 N–H and O–H groups in total. The summed E-state index contributed by atoms with van der Waals surface area (Å²) in [6, 6.07) is 6.53. The first-order chi connectivity index (χ1) is 6.33. The summed E-state index contributed by atoms with van der Waals surface area (Å²) in [5, 5.41) is 8.54. The highest BCUT2D eigenvalue weighted by Gasteiger charge is 1.94. The Morgan fingerprint density at radius 2 is 1.92 bits per heavy atom. The molecule has 0 saturated carbocycles. The summed E-state index contributed by atoms with van der Waals surface area (Å²) in [5.41, 5.74) is 1.13. The third-order valence-corrected chi connectivity index (χ3v) is 2.74. The van der Waals surface area contributed by atoms with Gasteiger partial charge in [0.25, 0.3) is 0 Å². The number of aliphatic hydroxyl groups excluding tert-OH is 1. The van der Waals surface area contributed by atoms with Crippen molar-refractivity contribution >= 4 is 11.8 Å². The monoisotopic (exact) mass is 200 g/mol. The van der Waals surface area contributed by atoms with Gasteiger partial charge in [-0.15, -0.1) is 0 Å². The first-order valence-corrected chi connectivity index (χ1v) is 5.41. The van der Waals surface area contributed by atoms with Crippen molar-refractivity contribution in [3.05, 3.63) is 35.6 Å². The predicted octanol–water partition coefficient (Wildman–Crippen LogP) is 2.44. The summed E-state index contributed by atoms with van der Waals surface area (Å²) >= 11 is 1.75. The van der Waals surface area contributed by atoms with E-state index in [4.69, 9.17) is 5.11 Å². The summed E-state index contributed by atoms with van der Waals surface area (Å²) in [6.07, 6.45) is 0.825. The van der Waals surface area contributed by atoms with Gasteiger partial charge in [0.15, 0.2) is 0 Å². The molecule has 0 aliphatic heterocycles. The van der Waals surface area contributed by atoms with Crippen LogP contribution in [0.3, 0.4) is 0 Å². The van der Waals surface area contributed by atoms with Gasteiger partial charge in [-0.25, -0.2) is 4.39 Å². The average Bonchev–Trinajstić information content (AvgIpc) is 2.15. The molecule has 0 atom stereocenters. The highest BCUT2D eigenvalue weighted by atomic mass is 32.2. The minimum atomic E-state index is -0.191. The van der Waals surface area contributed by atoms with Crippen molar-refractivity contribution in [3.8, 4) is 0 Å². The molecule has 1 rings (SSSR count). The van der Waals surface area contributed by atoms with Gasteiger partial charge in [0.2, 0.25) is 0 Å². The Bertz CT molecular complexity index is 235. The molecule has 0 spiro atoms. The van der Waals surface area contributed by atoms with E-state index in [-0.39, 0.29) is 12.4 Å². The van der Waals surface area contributed by atoms with Crippen LogP contribution in [0.2, 0.25) is 0 Å². The van der Waals surface area contributed by atoms with E-state index in [0.29, 0.717) is 0 Å². The van der Waals surface area contributed by atoms with Crippen LogP contribution in [0.25, 0.3) is 0 Å². The topological polar surface area (TPSA) is 20.2 Å². The quantitative estimate of drug-likeness (QED) is 0.737. The van der Waals surface area contributed by atoms with E-state index in [1.807, 2.05) is 0 Å². The lowest BCUT2D eigenvalue weighted by Gasteiger charge is -2.00. The number of benzene rings is 1. The first kappa shape index (κ1) is 10.5. The minimum Gasteiger partial charge on any atom is -0.396 e. The number of aliphatic hydroxyl groups is 1. The Hall–Kier alpha value is -0.540. The van der Waals surface area contributed by atoms with Crippen LogP contribution in [0.15, 0.2) is 24.3 Å². The molecule has 0 saturated heterocycles. The smallest absolute Gasteiger partial charge is 0.123 e. The Morgan fingerprint density at radius 1 is 1.23 bits per heavy atom. The fraction of sp³-hybridized carbons (Fsp3) is 0.400. The molecule has 0 aromatic heterocycles. The van der Waals surface area contributed by atoms with Gasteiger partial charge < -0.3 is 5.11 Å². The lowest BCUT2D eigenvalue weighted by atomic mass is 10.2. The summed E-state index contributed by atoms with van der Waals surface area (Å²) in [7, 11) is 0. The zero-order valence-corrected chi connectivity index (χ0v) is 8.19. The number of hydrogen-bond acceptors (Lipinski definition) is 2. The molecule has 1 nitrogen and oxygen atoms in total. The van der Waals surface area contributed by atoms with E-state index in [1.165, 1.54) is 12.1 Å². The summed E-state index contributed by atoms with van der Waals surface area (Å²) in [4.78, 5) is 0. The minimum absolute atomic E-state index is 0.191. The molecule has 3 heteroatoms. The van der Waals surface area contributed by atoms with Crippen LogP contribution < -0.4 is 0 Å². The van der Waals surface area contributed by atoms with E-state index in [1.54, 1.807) is 23.9 Å². The molecule has 1 aromatic carbocycles. The number of halogens is 1. The molecule has 0 unspecified atom stereocenters. The first-order valence-electron chi connectivity index (χ1n) is 4.26. The van der Waals surface area contributed by atoms with Crippen molar-refractivity contribution in [1.29, 1.82) is 0 Å². The van der Waals surface area contributed by atoms with Gasteiger partial charge in [0.1, 0.15) is 5.82 Å². The Kier molecular flexibility index (Phi) is 4.86. The maximum absolute atomic E-state index is 12.5. The molecule has 0 bridgehead atoms. The molecule has 0 heterocycles. The zero-order valence-electron chi connectivity index (χ0n) is 7.37. The van der Waals surface area contributed by atoms with E-state index in [0.717, 1.165) is 23.5 Å². The van der Waals surface area contributed by atoms with E-state index < -0.39 is 0 Å². The summed E-state index contributed by atoms with van der Waals surface area (Å²) in [5.74, 6) is 1.65. The van der Waals surface area contributed by atoms with Gasteiger partial charge >= 0.3 is 0 Å². The predicted molar refractivity (Wildman–Crippen MR) is 54.3 cm³/mol. The summed E-state index contributed by atoms with van der Waals surface area (Å²) < 4.78 is 12.5. The molecule has 0 amide bonds. The molecule has 0 fully saturated rings. The second-order valence-corrected chi connectivity index (χ2v) is 3.86. The molecule has 72 valence electrons. The van der Waals surface area contributed by atoms with Gasteiger partial charge in [-0.1, -0.05) is 12.1 Å². The number of hydrogen-bond donors (Lipinski definition) is 1. The standard InChI is InChI=1S/C10H13FOS/c11-10-4-2-9(3-5-10)8-13-7-1-6-12/h2-5,12H,1,6-8H2. The van der Waals surface area contributed by atoms with Crippen molar-refractivity contribution in [1.82, 2.24) is 0 Å². The number of thioether (sulfide) groups is 1. The SMILES string of the molecule is OCCCSCc1ccc(F)cc1. The van der Waals surface area contributed by atoms with Crippen LogP contribution in [0.4, 0.5) is 4.39 Å². The van der Waals surface area contributed by atoms with Gasteiger partial charge in [-0.2, -0.15) is 11.8 Å². The molecular weight excluding hydrogens is 187 g/mol. The summed E-state index contributed by atoms with van der Waals surface area (Å²) in [6.45, 7) is 0.246. The fourth-order valence-corrected chi connectivity index (χ4v) is 1.84. The van der Waals surface area contributed by atoms with Crippen LogP contribution >= 0.6 is 11.8 Å². The van der Waals surface area contributed by atoms with Crippen LogP contribution in [-0.2, 0) is 5.75 Å². The molecule has 0 radical (unpaired) electrons. The zero-order chi connectivity index (χ0) is 9.52. The second-order valence-electron chi connectivity index (χ2n) is 2.76. The van der Waals surface area contributed by atoms with Crippen molar-refractivity contribution in [2.75, 3.05) is 12.4 Å². The van der Waals surface area contributed by atoms with E-state index >= 15 is 0 Å². The molecular formula is C10H13FOS. The maximum Gasteiger partial charge on any atom is 0.123 e. The number of rotatable bonds is 5. The van der Waals surface area contributed by atoms with Crippen molar-refractivity contribution in [2.45, 2.75) is 12.2 Å². The van der Waals surface area contributed by atoms with Gasteiger partial charge in [0, 0.05) is 12.4 Å². The van der Waals surface area contributed by atoms with Crippen molar-refractivity contribution < 1.29 is 9.50 Å². The van der Waals surface area contributed by atoms with Gasteiger partial charge in [0.05, 0.1) is 0 Å². The Labute approximate surface area is 82.0 Å². The van der Waals surface area contributed by atoms with Gasteiger partial charge in [-0.05, 0) is 29.9 Å². The van der Waals surface area contributed by atoms with Gasteiger partial charge in [-0.3, -0.25) is 0 Å². The third-order valence-electron chi connectivity index (χ3n) is 1.63. The second kappa shape index (κ2) is 6.00. The molecule has 1 aromatic rings. The third kappa shape index (κ3) is 4.29. The Morgan fingerprint density at radius 3 is 2.54 bits per heavy atom. The van der Waals surface area contributed by atoms with Crippen LogP contribution in [0, 0.1) is 5.82 Å². The van der Waals surface area contributed by atoms with Crippen LogP contribution in [0.5, 0.6) is 0 Å². The molecule has 0 aliphatic rings. The van der Waals surface area contributed by atoms with E-state index in [2.05, 4.69) is 0 Å². The maximum atomic E-state index is 12.5. The Balaban J connectivity index is 2.25. The molecule has 13 heavy (non-hydrogen) atoms. The normalized spacial score (nSPS) is 10.3. The van der Waals surface area contributed by atoms with Crippen molar-refractivity contribution in [2.24, 2.45) is 0 Å². The van der Waals surface area contributed by atoms with E-state index in [9.17, 15) is 4.39 Å².